The van der Waals surface area contributed by atoms with Crippen molar-refractivity contribution in [2.24, 2.45) is 0 Å². The number of nitrogens with one attached hydrogen (secondary N) is 1. The molecule has 0 radical (unpaired) electrons. The fourth-order valence-corrected chi connectivity index (χ4v) is 3.54. The van der Waals surface area contributed by atoms with Crippen molar-refractivity contribution in [3.05, 3.63) is 70.8 Å². The van der Waals surface area contributed by atoms with Gasteiger partial charge in [-0.15, -0.1) is 12.4 Å². The van der Waals surface area contributed by atoms with E-state index in [9.17, 15) is 4.79 Å². The maximum atomic E-state index is 12.2. The van der Waals surface area contributed by atoms with E-state index in [4.69, 9.17) is 0 Å². The SMILES string of the molecule is CCc1ccc(C2CNCCN2Cc2cccc(C(=O)N(C)C)c2)cc1.Cl. The van der Waals surface area contributed by atoms with Crippen molar-refractivity contribution in [3.63, 3.8) is 0 Å². The highest BCUT2D eigenvalue weighted by molar-refractivity contribution is 5.94. The molecular weight excluding hydrogens is 358 g/mol. The lowest BCUT2D eigenvalue weighted by Crippen LogP contribution is -2.45. The molecule has 0 bridgehead atoms. The Hall–Kier alpha value is -1.88. The van der Waals surface area contributed by atoms with Gasteiger partial charge in [0.1, 0.15) is 0 Å². The minimum absolute atomic E-state index is 0. The second-order valence-corrected chi connectivity index (χ2v) is 7.19. The maximum absolute atomic E-state index is 12.2. The molecule has 3 rings (SSSR count). The largest absolute Gasteiger partial charge is 0.345 e. The summed E-state index contributed by atoms with van der Waals surface area (Å²) < 4.78 is 0. The first-order chi connectivity index (χ1) is 12.6. The topological polar surface area (TPSA) is 35.6 Å². The van der Waals surface area contributed by atoms with Gasteiger partial charge in [0.2, 0.25) is 0 Å². The third-order valence-electron chi connectivity index (χ3n) is 5.09. The summed E-state index contributed by atoms with van der Waals surface area (Å²) in [6, 6.07) is 17.4. The van der Waals surface area contributed by atoms with E-state index in [1.807, 2.05) is 18.2 Å². The Kier molecular flexibility index (Phi) is 7.84. The van der Waals surface area contributed by atoms with E-state index in [0.29, 0.717) is 6.04 Å². The van der Waals surface area contributed by atoms with Crippen molar-refractivity contribution >= 4 is 18.3 Å². The standard InChI is InChI=1S/C22H29N3O.ClH/c1-4-17-8-10-19(11-9-17)21-15-23-12-13-25(21)16-18-6-5-7-20(14-18)22(26)24(2)3;/h5-11,14,21,23H,4,12-13,15-16H2,1-3H3;1H. The van der Waals surface area contributed by atoms with E-state index in [-0.39, 0.29) is 18.3 Å². The molecular formula is C22H30ClN3O. The number of nitrogens with zero attached hydrogens (tertiary/aromatic N) is 2. The highest BCUT2D eigenvalue weighted by Gasteiger charge is 2.24. The molecule has 1 amide bonds. The summed E-state index contributed by atoms with van der Waals surface area (Å²) in [7, 11) is 3.59. The summed E-state index contributed by atoms with van der Waals surface area (Å²) in [6.45, 7) is 6.01. The van der Waals surface area contributed by atoms with Gasteiger partial charge in [-0.3, -0.25) is 9.69 Å². The fraction of sp³-hybridized carbons (Fsp3) is 0.409. The van der Waals surface area contributed by atoms with E-state index in [1.165, 1.54) is 16.7 Å². The Morgan fingerprint density at radius 2 is 1.89 bits per heavy atom. The molecule has 0 saturated carbocycles. The molecule has 1 fully saturated rings. The first-order valence-corrected chi connectivity index (χ1v) is 9.42. The zero-order chi connectivity index (χ0) is 18.5. The van der Waals surface area contributed by atoms with Crippen LogP contribution in [-0.4, -0.2) is 49.4 Å². The monoisotopic (exact) mass is 387 g/mol. The molecule has 27 heavy (non-hydrogen) atoms. The van der Waals surface area contributed by atoms with Gasteiger partial charge in [0, 0.05) is 51.9 Å². The number of piperazine rings is 1. The quantitative estimate of drug-likeness (QED) is 0.852. The molecule has 1 aliphatic heterocycles. The van der Waals surface area contributed by atoms with Gasteiger partial charge < -0.3 is 10.2 Å². The number of benzene rings is 2. The first kappa shape index (κ1) is 21.4. The van der Waals surface area contributed by atoms with Gasteiger partial charge in [-0.05, 0) is 35.2 Å². The summed E-state index contributed by atoms with van der Waals surface area (Å²) in [5.74, 6) is 0.0545. The number of hydrogen-bond donors (Lipinski definition) is 1. The lowest BCUT2D eigenvalue weighted by molar-refractivity contribution is 0.0827. The third kappa shape index (κ3) is 5.32. The van der Waals surface area contributed by atoms with Crippen molar-refractivity contribution in [2.75, 3.05) is 33.7 Å². The summed E-state index contributed by atoms with van der Waals surface area (Å²) >= 11 is 0. The summed E-state index contributed by atoms with van der Waals surface area (Å²) in [5, 5.41) is 3.52. The minimum Gasteiger partial charge on any atom is -0.345 e. The van der Waals surface area contributed by atoms with Gasteiger partial charge in [0.15, 0.2) is 0 Å². The molecule has 2 aromatic rings. The zero-order valence-corrected chi connectivity index (χ0v) is 17.3. The van der Waals surface area contributed by atoms with Gasteiger partial charge in [-0.2, -0.15) is 0 Å². The molecule has 0 aliphatic carbocycles. The van der Waals surface area contributed by atoms with Crippen LogP contribution in [0.1, 0.15) is 40.0 Å². The average Bonchev–Trinajstić information content (AvgIpc) is 2.68. The van der Waals surface area contributed by atoms with E-state index >= 15 is 0 Å². The number of amides is 1. The smallest absolute Gasteiger partial charge is 0.253 e. The molecule has 1 aliphatic rings. The van der Waals surface area contributed by atoms with E-state index in [0.717, 1.165) is 38.2 Å². The van der Waals surface area contributed by atoms with Crippen molar-refractivity contribution in [2.45, 2.75) is 25.9 Å². The van der Waals surface area contributed by atoms with Gasteiger partial charge >= 0.3 is 0 Å². The highest BCUT2D eigenvalue weighted by Crippen LogP contribution is 2.25. The normalized spacial score (nSPS) is 17.2. The van der Waals surface area contributed by atoms with E-state index in [2.05, 4.69) is 47.5 Å². The van der Waals surface area contributed by atoms with E-state index < -0.39 is 0 Å². The van der Waals surface area contributed by atoms with Crippen LogP contribution in [0.4, 0.5) is 0 Å². The second-order valence-electron chi connectivity index (χ2n) is 7.19. The van der Waals surface area contributed by atoms with Crippen LogP contribution in [0.25, 0.3) is 0 Å². The Morgan fingerprint density at radius 1 is 1.15 bits per heavy atom. The molecule has 5 heteroatoms. The second kappa shape index (κ2) is 9.88. The van der Waals surface area contributed by atoms with Crippen LogP contribution in [0.2, 0.25) is 0 Å². The Bertz CT molecular complexity index is 745. The third-order valence-corrected chi connectivity index (χ3v) is 5.09. The summed E-state index contributed by atoms with van der Waals surface area (Å²) in [4.78, 5) is 16.4. The van der Waals surface area contributed by atoms with Gasteiger partial charge in [0.25, 0.3) is 5.91 Å². The minimum atomic E-state index is 0. The van der Waals surface area contributed by atoms with Crippen LogP contribution >= 0.6 is 12.4 Å². The Morgan fingerprint density at radius 3 is 2.56 bits per heavy atom. The highest BCUT2D eigenvalue weighted by atomic mass is 35.5. The molecule has 4 nitrogen and oxygen atoms in total. The molecule has 1 N–H and O–H groups in total. The number of halogens is 1. The maximum Gasteiger partial charge on any atom is 0.253 e. The van der Waals surface area contributed by atoms with E-state index in [1.54, 1.807) is 19.0 Å². The molecule has 0 aromatic heterocycles. The van der Waals surface area contributed by atoms with Crippen molar-refractivity contribution in [3.8, 4) is 0 Å². The van der Waals surface area contributed by atoms with Gasteiger partial charge in [-0.25, -0.2) is 0 Å². The molecule has 1 heterocycles. The van der Waals surface area contributed by atoms with Crippen LogP contribution in [0, 0.1) is 0 Å². The number of rotatable bonds is 5. The first-order valence-electron chi connectivity index (χ1n) is 9.42. The number of carbonyl (C=O) groups excluding carboxylic acids is 1. The fourth-order valence-electron chi connectivity index (χ4n) is 3.54. The molecule has 146 valence electrons. The predicted octanol–water partition coefficient (Wildman–Crippen LogP) is 3.52. The Balaban J connectivity index is 0.00000261. The number of hydrogen-bond acceptors (Lipinski definition) is 3. The number of aryl methyl sites for hydroxylation is 1. The van der Waals surface area contributed by atoms with Gasteiger partial charge in [0.05, 0.1) is 0 Å². The van der Waals surface area contributed by atoms with Crippen LogP contribution in [0.3, 0.4) is 0 Å². The van der Waals surface area contributed by atoms with Crippen LogP contribution in [0.5, 0.6) is 0 Å². The molecule has 2 aromatic carbocycles. The predicted molar refractivity (Wildman–Crippen MR) is 114 cm³/mol. The summed E-state index contributed by atoms with van der Waals surface area (Å²) in [6.07, 6.45) is 1.07. The molecule has 1 saturated heterocycles. The lowest BCUT2D eigenvalue weighted by Gasteiger charge is -2.36. The van der Waals surface area contributed by atoms with Crippen molar-refractivity contribution in [1.82, 2.24) is 15.1 Å². The van der Waals surface area contributed by atoms with Crippen LogP contribution in [0.15, 0.2) is 48.5 Å². The molecule has 0 spiro atoms. The van der Waals surface area contributed by atoms with Crippen LogP contribution in [-0.2, 0) is 13.0 Å². The summed E-state index contributed by atoms with van der Waals surface area (Å²) in [5.41, 5.74) is 4.68. The van der Waals surface area contributed by atoms with Gasteiger partial charge in [-0.1, -0.05) is 43.3 Å². The Labute approximate surface area is 169 Å². The average molecular weight is 388 g/mol. The number of carbonyl (C=O) groups is 1. The lowest BCUT2D eigenvalue weighted by atomic mass is 10.00. The van der Waals surface area contributed by atoms with Crippen molar-refractivity contribution in [1.29, 1.82) is 0 Å². The molecule has 1 atom stereocenters. The van der Waals surface area contributed by atoms with Crippen LogP contribution < -0.4 is 5.32 Å². The molecule has 1 unspecified atom stereocenters. The zero-order valence-electron chi connectivity index (χ0n) is 16.4. The van der Waals surface area contributed by atoms with Crippen molar-refractivity contribution < 1.29 is 4.79 Å².